The SMILES string of the molecule is COc1ccccc1C[C@@H](C(=O)Nc1cccc(C(F)(F)F)c1)c1ccc(-c2ccnc3ccc(F)cc23)cc1. The van der Waals surface area contributed by atoms with Crippen LogP contribution in [0.25, 0.3) is 22.0 Å². The first kappa shape index (κ1) is 26.9. The number of hydrogen-bond donors (Lipinski definition) is 1. The highest BCUT2D eigenvalue weighted by atomic mass is 19.4. The van der Waals surface area contributed by atoms with Crippen LogP contribution < -0.4 is 10.1 Å². The summed E-state index contributed by atoms with van der Waals surface area (Å²) in [6.07, 6.45) is -2.64. The first-order chi connectivity index (χ1) is 19.2. The topological polar surface area (TPSA) is 51.2 Å². The number of fused-ring (bicyclic) bond motifs is 1. The minimum atomic E-state index is -4.53. The smallest absolute Gasteiger partial charge is 0.416 e. The largest absolute Gasteiger partial charge is 0.496 e. The summed E-state index contributed by atoms with van der Waals surface area (Å²) >= 11 is 0. The number of nitrogens with zero attached hydrogens (tertiary/aromatic N) is 1. The van der Waals surface area contributed by atoms with E-state index < -0.39 is 23.6 Å². The Hall–Kier alpha value is -4.72. The molecule has 1 aromatic heterocycles. The lowest BCUT2D eigenvalue weighted by Gasteiger charge is -2.20. The van der Waals surface area contributed by atoms with Crippen LogP contribution in [-0.2, 0) is 17.4 Å². The average Bonchev–Trinajstić information content (AvgIpc) is 2.95. The number of methoxy groups -OCH3 is 1. The van der Waals surface area contributed by atoms with Crippen molar-refractivity contribution in [2.45, 2.75) is 18.5 Å². The molecular weight excluding hydrogens is 520 g/mol. The zero-order valence-corrected chi connectivity index (χ0v) is 21.4. The predicted molar refractivity (Wildman–Crippen MR) is 147 cm³/mol. The van der Waals surface area contributed by atoms with Crippen LogP contribution in [0.2, 0.25) is 0 Å². The number of ether oxygens (including phenoxy) is 1. The fourth-order valence-electron chi connectivity index (χ4n) is 4.72. The van der Waals surface area contributed by atoms with E-state index in [9.17, 15) is 22.4 Å². The number of pyridine rings is 1. The Kier molecular flexibility index (Phi) is 7.51. The van der Waals surface area contributed by atoms with E-state index in [2.05, 4.69) is 10.3 Å². The van der Waals surface area contributed by atoms with Gasteiger partial charge in [-0.2, -0.15) is 13.2 Å². The minimum Gasteiger partial charge on any atom is -0.496 e. The Morgan fingerprint density at radius 2 is 1.70 bits per heavy atom. The Bertz CT molecular complexity index is 1670. The molecule has 0 saturated heterocycles. The van der Waals surface area contributed by atoms with Gasteiger partial charge in [-0.05, 0) is 77.2 Å². The Balaban J connectivity index is 1.50. The molecule has 0 unspecified atom stereocenters. The van der Waals surface area contributed by atoms with Crippen molar-refractivity contribution < 1.29 is 27.1 Å². The molecule has 0 saturated carbocycles. The molecule has 8 heteroatoms. The van der Waals surface area contributed by atoms with Gasteiger partial charge in [0, 0.05) is 17.3 Å². The molecule has 1 heterocycles. The van der Waals surface area contributed by atoms with Gasteiger partial charge >= 0.3 is 6.18 Å². The molecule has 0 aliphatic heterocycles. The number of carbonyl (C=O) groups excluding carboxylic acids is 1. The second-order valence-corrected chi connectivity index (χ2v) is 9.28. The van der Waals surface area contributed by atoms with E-state index in [1.807, 2.05) is 30.3 Å². The lowest BCUT2D eigenvalue weighted by molar-refractivity contribution is -0.137. The van der Waals surface area contributed by atoms with E-state index in [1.54, 1.807) is 36.5 Å². The highest BCUT2D eigenvalue weighted by Gasteiger charge is 2.31. The van der Waals surface area contributed by atoms with Crippen molar-refractivity contribution in [2.24, 2.45) is 0 Å². The second-order valence-electron chi connectivity index (χ2n) is 9.28. The van der Waals surface area contributed by atoms with Crippen molar-refractivity contribution in [3.8, 4) is 16.9 Å². The molecule has 0 fully saturated rings. The van der Waals surface area contributed by atoms with E-state index in [-0.39, 0.29) is 17.9 Å². The second kappa shape index (κ2) is 11.2. The maximum absolute atomic E-state index is 14.0. The number of rotatable bonds is 7. The molecule has 4 nitrogen and oxygen atoms in total. The van der Waals surface area contributed by atoms with Crippen molar-refractivity contribution in [3.63, 3.8) is 0 Å². The summed E-state index contributed by atoms with van der Waals surface area (Å²) in [4.78, 5) is 17.9. The van der Waals surface area contributed by atoms with Gasteiger partial charge in [0.05, 0.1) is 24.1 Å². The number of hydrogen-bond acceptors (Lipinski definition) is 3. The van der Waals surface area contributed by atoms with E-state index >= 15 is 0 Å². The Labute approximate surface area is 228 Å². The van der Waals surface area contributed by atoms with Crippen LogP contribution >= 0.6 is 0 Å². The molecule has 0 radical (unpaired) electrons. The number of carbonyl (C=O) groups is 1. The van der Waals surface area contributed by atoms with Crippen molar-refractivity contribution in [2.75, 3.05) is 12.4 Å². The number of alkyl halides is 3. The molecule has 5 aromatic rings. The molecule has 0 aliphatic carbocycles. The molecule has 1 amide bonds. The zero-order valence-electron chi connectivity index (χ0n) is 21.4. The third-order valence-corrected chi connectivity index (χ3v) is 6.72. The predicted octanol–water partition coefficient (Wildman–Crippen LogP) is 8.03. The van der Waals surface area contributed by atoms with E-state index in [1.165, 1.54) is 31.4 Å². The Morgan fingerprint density at radius 3 is 2.45 bits per heavy atom. The normalized spacial score (nSPS) is 12.2. The third-order valence-electron chi connectivity index (χ3n) is 6.72. The lowest BCUT2D eigenvalue weighted by atomic mass is 9.89. The number of benzene rings is 4. The van der Waals surface area contributed by atoms with Gasteiger partial charge in [-0.15, -0.1) is 0 Å². The maximum Gasteiger partial charge on any atom is 0.416 e. The standard InChI is InChI=1S/C32H24F4N2O2/c1-40-30-8-3-2-5-22(30)17-27(31(39)38-25-7-4-6-23(18-25)32(34,35)36)21-11-9-20(10-12-21)26-15-16-37-29-14-13-24(33)19-28(26)29/h2-16,18-19,27H,17H2,1H3,(H,38,39)/t27-/m1/s1. The van der Waals surface area contributed by atoms with Gasteiger partial charge in [0.1, 0.15) is 11.6 Å². The van der Waals surface area contributed by atoms with Gasteiger partial charge in [0.15, 0.2) is 0 Å². The number of nitrogens with one attached hydrogen (secondary N) is 1. The Morgan fingerprint density at radius 1 is 0.925 bits per heavy atom. The summed E-state index contributed by atoms with van der Waals surface area (Å²) in [5.74, 6) is -0.983. The lowest BCUT2D eigenvalue weighted by Crippen LogP contribution is -2.23. The van der Waals surface area contributed by atoms with Gasteiger partial charge in [-0.25, -0.2) is 4.39 Å². The molecule has 5 rings (SSSR count). The fraction of sp³-hybridized carbons (Fsp3) is 0.125. The summed E-state index contributed by atoms with van der Waals surface area (Å²) in [6, 6.07) is 25.3. The highest BCUT2D eigenvalue weighted by Crippen LogP contribution is 2.34. The maximum atomic E-state index is 14.0. The average molecular weight is 545 g/mol. The van der Waals surface area contributed by atoms with Crippen LogP contribution in [0.4, 0.5) is 23.2 Å². The zero-order chi connectivity index (χ0) is 28.3. The van der Waals surface area contributed by atoms with Gasteiger partial charge in [-0.1, -0.05) is 48.5 Å². The van der Waals surface area contributed by atoms with Crippen LogP contribution in [0, 0.1) is 5.82 Å². The molecule has 0 bridgehead atoms. The van der Waals surface area contributed by atoms with Crippen molar-refractivity contribution >= 4 is 22.5 Å². The first-order valence-electron chi connectivity index (χ1n) is 12.5. The molecule has 0 spiro atoms. The molecule has 0 aliphatic rings. The molecule has 1 N–H and O–H groups in total. The fourth-order valence-corrected chi connectivity index (χ4v) is 4.72. The monoisotopic (exact) mass is 544 g/mol. The molecule has 202 valence electrons. The summed E-state index contributed by atoms with van der Waals surface area (Å²) in [7, 11) is 1.53. The highest BCUT2D eigenvalue weighted by molar-refractivity contribution is 5.97. The summed E-state index contributed by atoms with van der Waals surface area (Å²) in [6.45, 7) is 0. The minimum absolute atomic E-state index is 0.0479. The van der Waals surface area contributed by atoms with Crippen molar-refractivity contribution in [1.82, 2.24) is 4.98 Å². The quantitative estimate of drug-likeness (QED) is 0.211. The number of amides is 1. The van der Waals surface area contributed by atoms with Crippen LogP contribution in [-0.4, -0.2) is 18.0 Å². The number of anilines is 1. The summed E-state index contributed by atoms with van der Waals surface area (Å²) in [5.41, 5.74) is 2.86. The molecule has 1 atom stereocenters. The van der Waals surface area contributed by atoms with Crippen molar-refractivity contribution in [3.05, 3.63) is 126 Å². The summed E-state index contributed by atoms with van der Waals surface area (Å²) in [5, 5.41) is 3.31. The first-order valence-corrected chi connectivity index (χ1v) is 12.5. The van der Waals surface area contributed by atoms with Gasteiger partial charge in [0.25, 0.3) is 0 Å². The third kappa shape index (κ3) is 5.81. The molecule has 4 aromatic carbocycles. The van der Waals surface area contributed by atoms with E-state index in [0.717, 1.165) is 28.8 Å². The number of halogens is 4. The van der Waals surface area contributed by atoms with Gasteiger partial charge in [0.2, 0.25) is 5.91 Å². The number of para-hydroxylation sites is 1. The van der Waals surface area contributed by atoms with Crippen LogP contribution in [0.15, 0.2) is 103 Å². The van der Waals surface area contributed by atoms with Crippen molar-refractivity contribution in [1.29, 1.82) is 0 Å². The van der Waals surface area contributed by atoms with E-state index in [4.69, 9.17) is 4.74 Å². The number of aromatic nitrogens is 1. The summed E-state index contributed by atoms with van der Waals surface area (Å²) < 4.78 is 59.2. The van der Waals surface area contributed by atoms with Crippen LogP contribution in [0.1, 0.15) is 22.6 Å². The molecular formula is C32H24F4N2O2. The van der Waals surface area contributed by atoms with Crippen LogP contribution in [0.3, 0.4) is 0 Å². The van der Waals surface area contributed by atoms with Gasteiger partial charge < -0.3 is 10.1 Å². The van der Waals surface area contributed by atoms with Crippen LogP contribution in [0.5, 0.6) is 5.75 Å². The van der Waals surface area contributed by atoms with E-state index in [0.29, 0.717) is 22.2 Å². The van der Waals surface area contributed by atoms with Gasteiger partial charge in [-0.3, -0.25) is 9.78 Å². The molecule has 40 heavy (non-hydrogen) atoms.